The minimum Gasteiger partial charge on any atom is -0.444 e. The first kappa shape index (κ1) is 20.8. The monoisotopic (exact) mass is 356 g/mol. The highest BCUT2D eigenvalue weighted by Gasteiger charge is 2.44. The fourth-order valence-corrected chi connectivity index (χ4v) is 3.76. The molecule has 0 aliphatic carbocycles. The molecule has 1 aliphatic heterocycles. The van der Waals surface area contributed by atoms with Gasteiger partial charge < -0.3 is 14.1 Å². The molecule has 8 heteroatoms. The van der Waals surface area contributed by atoms with E-state index in [1.165, 1.54) is 0 Å². The van der Waals surface area contributed by atoms with Crippen LogP contribution in [-0.2, 0) is 9.16 Å². The van der Waals surface area contributed by atoms with Crippen LogP contribution < -0.4 is 0 Å². The third-order valence-electron chi connectivity index (χ3n) is 4.63. The SMILES string of the molecule is CC(C)(C)OC(=O)N1C[C@H](O[Si](C)(C)C(C)(C)C)C[C@@H]1CN=[N+]=[N-]. The number of carbonyl (C=O) groups is 1. The summed E-state index contributed by atoms with van der Waals surface area (Å²) in [5.41, 5.74) is 8.04. The molecule has 138 valence electrons. The second-order valence-electron chi connectivity index (χ2n) is 8.94. The van der Waals surface area contributed by atoms with E-state index in [0.717, 1.165) is 0 Å². The van der Waals surface area contributed by atoms with Crippen molar-refractivity contribution in [3.63, 3.8) is 0 Å². The molecule has 7 nitrogen and oxygen atoms in total. The molecule has 0 aromatic heterocycles. The van der Waals surface area contributed by atoms with Crippen molar-refractivity contribution in [3.8, 4) is 0 Å². The molecule has 0 aromatic rings. The zero-order chi connectivity index (χ0) is 18.8. The van der Waals surface area contributed by atoms with Crippen LogP contribution >= 0.6 is 0 Å². The lowest BCUT2D eigenvalue weighted by Crippen LogP contribution is -2.45. The molecular formula is C16H32N4O3Si. The summed E-state index contributed by atoms with van der Waals surface area (Å²) in [4.78, 5) is 16.9. The molecule has 0 unspecified atom stereocenters. The summed E-state index contributed by atoms with van der Waals surface area (Å²) in [5.74, 6) is 0. The van der Waals surface area contributed by atoms with E-state index in [1.807, 2.05) is 20.8 Å². The molecule has 1 saturated heterocycles. The van der Waals surface area contributed by atoms with E-state index < -0.39 is 13.9 Å². The van der Waals surface area contributed by atoms with Gasteiger partial charge in [0.25, 0.3) is 0 Å². The van der Waals surface area contributed by atoms with E-state index in [-0.39, 0.29) is 29.8 Å². The van der Waals surface area contributed by atoms with Crippen LogP contribution in [0.1, 0.15) is 48.0 Å². The molecular weight excluding hydrogens is 324 g/mol. The van der Waals surface area contributed by atoms with Crippen molar-refractivity contribution in [2.24, 2.45) is 5.11 Å². The van der Waals surface area contributed by atoms with E-state index in [0.29, 0.717) is 13.0 Å². The van der Waals surface area contributed by atoms with Crippen molar-refractivity contribution in [2.75, 3.05) is 13.1 Å². The van der Waals surface area contributed by atoms with Gasteiger partial charge in [-0.2, -0.15) is 0 Å². The Morgan fingerprint density at radius 3 is 2.33 bits per heavy atom. The van der Waals surface area contributed by atoms with E-state index in [2.05, 4.69) is 43.9 Å². The predicted octanol–water partition coefficient (Wildman–Crippen LogP) is 4.70. The van der Waals surface area contributed by atoms with Gasteiger partial charge >= 0.3 is 6.09 Å². The van der Waals surface area contributed by atoms with Gasteiger partial charge in [-0.1, -0.05) is 25.9 Å². The molecule has 0 saturated carbocycles. The highest BCUT2D eigenvalue weighted by molar-refractivity contribution is 6.74. The van der Waals surface area contributed by atoms with Crippen LogP contribution in [0.15, 0.2) is 5.11 Å². The molecule has 0 spiro atoms. The molecule has 1 aliphatic rings. The number of carbonyl (C=O) groups excluding carboxylic acids is 1. The minimum atomic E-state index is -1.92. The van der Waals surface area contributed by atoms with Crippen LogP contribution in [0.3, 0.4) is 0 Å². The van der Waals surface area contributed by atoms with Gasteiger partial charge in [-0.15, -0.1) is 0 Å². The van der Waals surface area contributed by atoms with Crippen LogP contribution in [0.25, 0.3) is 10.4 Å². The van der Waals surface area contributed by atoms with Crippen molar-refractivity contribution < 1.29 is 14.0 Å². The third-order valence-corrected chi connectivity index (χ3v) is 9.16. The number of ether oxygens (including phenoxy) is 1. The van der Waals surface area contributed by atoms with E-state index in [9.17, 15) is 4.79 Å². The first-order valence-electron chi connectivity index (χ1n) is 8.45. The van der Waals surface area contributed by atoms with Crippen LogP contribution in [0, 0.1) is 0 Å². The number of nitrogens with zero attached hydrogens (tertiary/aromatic N) is 4. The van der Waals surface area contributed by atoms with Gasteiger partial charge in [-0.25, -0.2) is 4.79 Å². The van der Waals surface area contributed by atoms with Gasteiger partial charge in [0.1, 0.15) is 5.60 Å². The lowest BCUT2D eigenvalue weighted by molar-refractivity contribution is 0.0216. The quantitative estimate of drug-likeness (QED) is 0.316. The topological polar surface area (TPSA) is 87.5 Å². The van der Waals surface area contributed by atoms with Gasteiger partial charge in [0, 0.05) is 24.0 Å². The van der Waals surface area contributed by atoms with Gasteiger partial charge in [0.15, 0.2) is 8.32 Å². The molecule has 1 heterocycles. The lowest BCUT2D eigenvalue weighted by Gasteiger charge is -2.38. The van der Waals surface area contributed by atoms with Gasteiger partial charge in [0.2, 0.25) is 0 Å². The molecule has 1 amide bonds. The van der Waals surface area contributed by atoms with E-state index >= 15 is 0 Å². The summed E-state index contributed by atoms with van der Waals surface area (Å²) in [6.45, 7) is 17.2. The Morgan fingerprint density at radius 1 is 1.29 bits per heavy atom. The second kappa shape index (κ2) is 7.33. The number of amides is 1. The van der Waals surface area contributed by atoms with Gasteiger partial charge in [-0.3, -0.25) is 0 Å². The van der Waals surface area contributed by atoms with Crippen LogP contribution in [0.2, 0.25) is 18.1 Å². The molecule has 0 N–H and O–H groups in total. The maximum atomic E-state index is 12.5. The molecule has 1 fully saturated rings. The predicted molar refractivity (Wildman–Crippen MR) is 97.4 cm³/mol. The number of hydrogen-bond acceptors (Lipinski definition) is 4. The largest absolute Gasteiger partial charge is 0.444 e. The van der Waals surface area contributed by atoms with Crippen molar-refractivity contribution in [3.05, 3.63) is 10.4 Å². The van der Waals surface area contributed by atoms with E-state index in [1.54, 1.807) is 4.90 Å². The number of hydrogen-bond donors (Lipinski definition) is 0. The fraction of sp³-hybridized carbons (Fsp3) is 0.938. The summed E-state index contributed by atoms with van der Waals surface area (Å²) in [6, 6.07) is -0.175. The van der Waals surface area contributed by atoms with Crippen molar-refractivity contribution >= 4 is 14.4 Å². The third kappa shape index (κ3) is 5.68. The first-order valence-corrected chi connectivity index (χ1v) is 11.4. The van der Waals surface area contributed by atoms with Crippen molar-refractivity contribution in [1.29, 1.82) is 0 Å². The molecule has 0 aromatic carbocycles. The zero-order valence-corrected chi connectivity index (χ0v) is 17.3. The summed E-state index contributed by atoms with van der Waals surface area (Å²) in [7, 11) is -1.92. The summed E-state index contributed by atoms with van der Waals surface area (Å²) < 4.78 is 11.9. The average Bonchev–Trinajstić information content (AvgIpc) is 2.75. The Kier molecular flexibility index (Phi) is 6.35. The van der Waals surface area contributed by atoms with Crippen LogP contribution in [0.4, 0.5) is 4.79 Å². The summed E-state index contributed by atoms with van der Waals surface area (Å²) >= 11 is 0. The van der Waals surface area contributed by atoms with E-state index in [4.69, 9.17) is 14.7 Å². The Morgan fingerprint density at radius 2 is 1.88 bits per heavy atom. The molecule has 2 atom stereocenters. The number of likely N-dealkylation sites (tertiary alicyclic amines) is 1. The number of rotatable bonds is 4. The van der Waals surface area contributed by atoms with Gasteiger partial charge in [0.05, 0.1) is 6.10 Å². The molecule has 0 radical (unpaired) electrons. The average molecular weight is 357 g/mol. The van der Waals surface area contributed by atoms with Crippen LogP contribution in [-0.4, -0.2) is 50.1 Å². The molecule has 1 rings (SSSR count). The second-order valence-corrected chi connectivity index (χ2v) is 13.7. The Balaban J connectivity index is 2.87. The first-order chi connectivity index (χ1) is 10.8. The maximum Gasteiger partial charge on any atom is 0.410 e. The smallest absolute Gasteiger partial charge is 0.410 e. The molecule has 24 heavy (non-hydrogen) atoms. The highest BCUT2D eigenvalue weighted by Crippen LogP contribution is 2.39. The minimum absolute atomic E-state index is 0.0442. The zero-order valence-electron chi connectivity index (χ0n) is 16.3. The lowest BCUT2D eigenvalue weighted by atomic mass is 10.2. The van der Waals surface area contributed by atoms with Gasteiger partial charge in [-0.05, 0) is 50.9 Å². The fourth-order valence-electron chi connectivity index (χ4n) is 2.40. The molecule has 0 bridgehead atoms. The van der Waals surface area contributed by atoms with Crippen molar-refractivity contribution in [1.82, 2.24) is 4.90 Å². The summed E-state index contributed by atoms with van der Waals surface area (Å²) in [6.07, 6.45) is 0.254. The summed E-state index contributed by atoms with van der Waals surface area (Å²) in [5, 5.41) is 3.75. The number of azide groups is 1. The Bertz CT molecular complexity index is 504. The van der Waals surface area contributed by atoms with Crippen molar-refractivity contribution in [2.45, 2.75) is 83.8 Å². The normalized spacial score (nSPS) is 22.2. The highest BCUT2D eigenvalue weighted by atomic mass is 28.4. The maximum absolute atomic E-state index is 12.5. The standard InChI is InChI=1S/C16H32N4O3Si/c1-15(2,3)22-14(21)20-11-13(9-12(20)10-18-19-17)23-24(7,8)16(4,5)6/h12-13H,9-11H2,1-8H3/t12-,13-/m1/s1. The van der Waals surface area contributed by atoms with Crippen LogP contribution in [0.5, 0.6) is 0 Å². The Labute approximate surface area is 146 Å². The Hall–Kier alpha value is -1.24.